The van der Waals surface area contributed by atoms with Gasteiger partial charge in [0.2, 0.25) is 5.91 Å². The molecule has 1 aliphatic carbocycles. The summed E-state index contributed by atoms with van der Waals surface area (Å²) in [6, 6.07) is 0.208. The molecule has 0 unspecified atom stereocenters. The van der Waals surface area contributed by atoms with E-state index >= 15 is 0 Å². The number of nitrogens with one attached hydrogen (secondary N) is 1. The van der Waals surface area contributed by atoms with Crippen LogP contribution in [0.3, 0.4) is 0 Å². The van der Waals surface area contributed by atoms with Gasteiger partial charge in [0.15, 0.2) is 0 Å². The number of hydrogen-bond acceptors (Lipinski definition) is 4. The van der Waals surface area contributed by atoms with Crippen molar-refractivity contribution in [2.75, 3.05) is 7.11 Å². The van der Waals surface area contributed by atoms with Crippen LogP contribution in [0, 0.1) is 5.41 Å². The third kappa shape index (κ3) is 2.88. The van der Waals surface area contributed by atoms with E-state index in [1.54, 1.807) is 18.4 Å². The molecule has 0 bridgehead atoms. The molecule has 2 rings (SSSR count). The highest BCUT2D eigenvalue weighted by Gasteiger charge is 2.58. The van der Waals surface area contributed by atoms with Gasteiger partial charge in [-0.15, -0.1) is 11.3 Å². The number of nitrogens with zero attached hydrogens (tertiary/aromatic N) is 1. The van der Waals surface area contributed by atoms with E-state index < -0.39 is 0 Å². The maximum Gasteiger partial charge on any atom is 0.220 e. The molecule has 1 aliphatic rings. The fraction of sp³-hybridized carbons (Fsp3) is 0.733. The number of rotatable bonds is 6. The summed E-state index contributed by atoms with van der Waals surface area (Å²) in [4.78, 5) is 16.2. The molecule has 4 nitrogen and oxygen atoms in total. The van der Waals surface area contributed by atoms with Crippen LogP contribution in [0.5, 0.6) is 0 Å². The Morgan fingerprint density at radius 3 is 2.85 bits per heavy atom. The first-order chi connectivity index (χ1) is 9.39. The summed E-state index contributed by atoms with van der Waals surface area (Å²) in [7, 11) is 1.74. The molecule has 0 spiro atoms. The van der Waals surface area contributed by atoms with Gasteiger partial charge in [0.05, 0.1) is 10.6 Å². The normalized spacial score (nSPS) is 27.9. The zero-order valence-corrected chi connectivity index (χ0v) is 13.5. The van der Waals surface area contributed by atoms with Crippen LogP contribution in [0.15, 0.2) is 11.6 Å². The van der Waals surface area contributed by atoms with E-state index in [2.05, 4.69) is 31.1 Å². The minimum Gasteiger partial charge on any atom is -0.378 e. The lowest BCUT2D eigenvalue weighted by Crippen LogP contribution is -2.68. The van der Waals surface area contributed by atoms with Crippen molar-refractivity contribution in [3.63, 3.8) is 0 Å². The standard InChI is InChI=1S/C15H24N2O2S/c1-14(2)11(10-15(14,3)19-4)17-12(18)6-5-7-13-16-8-9-20-13/h8-9,11H,5-7,10H2,1-4H3,(H,17,18)/t11-,15-/m0/s1. The van der Waals surface area contributed by atoms with E-state index in [9.17, 15) is 4.79 Å². The van der Waals surface area contributed by atoms with Crippen molar-refractivity contribution in [1.29, 1.82) is 0 Å². The maximum atomic E-state index is 12.0. The van der Waals surface area contributed by atoms with E-state index in [4.69, 9.17) is 4.74 Å². The van der Waals surface area contributed by atoms with Gasteiger partial charge in [-0.3, -0.25) is 4.79 Å². The third-order valence-corrected chi connectivity index (χ3v) is 5.73. The summed E-state index contributed by atoms with van der Waals surface area (Å²) in [5.74, 6) is 0.137. The zero-order chi connectivity index (χ0) is 14.8. The van der Waals surface area contributed by atoms with Crippen LogP contribution in [0.2, 0.25) is 0 Å². The van der Waals surface area contributed by atoms with Gasteiger partial charge in [0.25, 0.3) is 0 Å². The average molecular weight is 296 g/mol. The smallest absolute Gasteiger partial charge is 0.220 e. The highest BCUT2D eigenvalue weighted by atomic mass is 32.1. The monoisotopic (exact) mass is 296 g/mol. The number of amides is 1. The van der Waals surface area contributed by atoms with Crippen molar-refractivity contribution in [3.05, 3.63) is 16.6 Å². The first kappa shape index (κ1) is 15.4. The molecule has 1 fully saturated rings. The Balaban J connectivity index is 1.73. The van der Waals surface area contributed by atoms with Gasteiger partial charge in [-0.1, -0.05) is 13.8 Å². The van der Waals surface area contributed by atoms with Crippen molar-refractivity contribution < 1.29 is 9.53 Å². The topological polar surface area (TPSA) is 51.2 Å². The molecule has 0 saturated heterocycles. The van der Waals surface area contributed by atoms with Crippen LogP contribution >= 0.6 is 11.3 Å². The minimum atomic E-state index is -0.133. The lowest BCUT2D eigenvalue weighted by Gasteiger charge is -2.59. The van der Waals surface area contributed by atoms with E-state index in [0.717, 1.165) is 24.3 Å². The number of carbonyl (C=O) groups is 1. The Morgan fingerprint density at radius 1 is 1.55 bits per heavy atom. The van der Waals surface area contributed by atoms with Crippen molar-refractivity contribution >= 4 is 17.2 Å². The molecule has 0 radical (unpaired) electrons. The number of ether oxygens (including phenoxy) is 1. The number of aryl methyl sites for hydroxylation is 1. The van der Waals surface area contributed by atoms with Gasteiger partial charge in [-0.2, -0.15) is 0 Å². The van der Waals surface area contributed by atoms with Gasteiger partial charge in [0.1, 0.15) is 0 Å². The van der Waals surface area contributed by atoms with Crippen LogP contribution in [0.4, 0.5) is 0 Å². The van der Waals surface area contributed by atoms with E-state index in [-0.39, 0.29) is 23.0 Å². The number of thiazole rings is 1. The first-order valence-electron chi connectivity index (χ1n) is 7.12. The molecule has 5 heteroatoms. The Labute approximate surface area is 124 Å². The van der Waals surface area contributed by atoms with Crippen LogP contribution < -0.4 is 5.32 Å². The number of hydrogen-bond donors (Lipinski definition) is 1. The van der Waals surface area contributed by atoms with Crippen molar-refractivity contribution in [1.82, 2.24) is 10.3 Å². The van der Waals surface area contributed by atoms with E-state index in [0.29, 0.717) is 6.42 Å². The lowest BCUT2D eigenvalue weighted by molar-refractivity contribution is -0.182. The molecule has 1 heterocycles. The summed E-state index contributed by atoms with van der Waals surface area (Å²) >= 11 is 1.65. The van der Waals surface area contributed by atoms with Gasteiger partial charge in [-0.05, 0) is 26.2 Å². The van der Waals surface area contributed by atoms with Crippen molar-refractivity contribution in [2.45, 2.75) is 58.1 Å². The number of methoxy groups -OCH3 is 1. The Kier molecular flexibility index (Phi) is 4.49. The largest absolute Gasteiger partial charge is 0.378 e. The summed E-state index contributed by atoms with van der Waals surface area (Å²) in [5.41, 5.74) is -0.154. The molecule has 0 aromatic carbocycles. The van der Waals surface area contributed by atoms with Crippen LogP contribution in [0.25, 0.3) is 0 Å². The maximum absolute atomic E-state index is 12.0. The highest BCUT2D eigenvalue weighted by Crippen LogP contribution is 2.51. The second kappa shape index (κ2) is 5.82. The first-order valence-corrected chi connectivity index (χ1v) is 8.00. The molecular formula is C15H24N2O2S. The number of aromatic nitrogens is 1. The van der Waals surface area contributed by atoms with Gasteiger partial charge >= 0.3 is 0 Å². The molecule has 1 aromatic rings. The van der Waals surface area contributed by atoms with Gasteiger partial charge < -0.3 is 10.1 Å². The summed E-state index contributed by atoms with van der Waals surface area (Å²) < 4.78 is 5.57. The fourth-order valence-electron chi connectivity index (χ4n) is 2.77. The van der Waals surface area contributed by atoms with Crippen molar-refractivity contribution in [3.8, 4) is 0 Å². The molecule has 2 atom stereocenters. The predicted molar refractivity (Wildman–Crippen MR) is 80.8 cm³/mol. The van der Waals surface area contributed by atoms with Crippen LogP contribution in [-0.4, -0.2) is 29.6 Å². The van der Waals surface area contributed by atoms with Gasteiger partial charge in [0, 0.05) is 36.6 Å². The Morgan fingerprint density at radius 2 is 2.30 bits per heavy atom. The van der Waals surface area contributed by atoms with Crippen LogP contribution in [-0.2, 0) is 16.0 Å². The number of carbonyl (C=O) groups excluding carboxylic acids is 1. The molecule has 20 heavy (non-hydrogen) atoms. The summed E-state index contributed by atoms with van der Waals surface area (Å²) in [6.45, 7) is 6.42. The fourth-order valence-corrected chi connectivity index (χ4v) is 3.43. The van der Waals surface area contributed by atoms with E-state index in [1.165, 1.54) is 0 Å². The molecule has 1 amide bonds. The average Bonchev–Trinajstić information content (AvgIpc) is 2.91. The predicted octanol–water partition coefficient (Wildman–Crippen LogP) is 2.79. The summed E-state index contributed by atoms with van der Waals surface area (Å²) in [6.07, 6.45) is 5.00. The molecule has 112 valence electrons. The molecule has 0 aliphatic heterocycles. The molecule has 1 N–H and O–H groups in total. The lowest BCUT2D eigenvalue weighted by atomic mass is 9.56. The SMILES string of the molecule is CO[C@@]1(C)C[C@H](NC(=O)CCCc2nccs2)C1(C)C. The second-order valence-electron chi connectivity index (χ2n) is 6.26. The third-order valence-electron chi connectivity index (χ3n) is 4.89. The van der Waals surface area contributed by atoms with E-state index in [1.807, 2.05) is 11.6 Å². The molecule has 1 saturated carbocycles. The Bertz CT molecular complexity index is 458. The van der Waals surface area contributed by atoms with Crippen LogP contribution in [0.1, 0.15) is 45.0 Å². The quantitative estimate of drug-likeness (QED) is 0.878. The molecule has 1 aromatic heterocycles. The summed E-state index contributed by atoms with van der Waals surface area (Å²) in [5, 5.41) is 6.22. The zero-order valence-electron chi connectivity index (χ0n) is 12.7. The van der Waals surface area contributed by atoms with Crippen molar-refractivity contribution in [2.24, 2.45) is 5.41 Å². The van der Waals surface area contributed by atoms with Gasteiger partial charge in [-0.25, -0.2) is 4.98 Å². The molecular weight excluding hydrogens is 272 g/mol. The highest BCUT2D eigenvalue weighted by molar-refractivity contribution is 7.09. The Hall–Kier alpha value is -0.940. The second-order valence-corrected chi connectivity index (χ2v) is 7.24. The minimum absolute atomic E-state index is 0.0211.